The molecule has 2 aliphatic rings. The van der Waals surface area contributed by atoms with Crippen molar-refractivity contribution in [1.29, 1.82) is 0 Å². The Kier molecular flexibility index (Phi) is 3.63. The van der Waals surface area contributed by atoms with Crippen molar-refractivity contribution < 1.29 is 0 Å². The average molecular weight is 262 g/mol. The topological polar surface area (TPSA) is 33.1 Å². The van der Waals surface area contributed by atoms with Crippen molar-refractivity contribution >= 4 is 0 Å². The normalized spacial score (nSPS) is 20.6. The first-order chi connectivity index (χ1) is 9.16. The summed E-state index contributed by atoms with van der Waals surface area (Å²) in [5.41, 5.74) is 2.82. The lowest BCUT2D eigenvalue weighted by Crippen LogP contribution is -2.26. The molecule has 1 aromatic heterocycles. The third-order valence-corrected chi connectivity index (χ3v) is 4.33. The Morgan fingerprint density at radius 1 is 1.42 bits per heavy atom. The van der Waals surface area contributed by atoms with Crippen LogP contribution < -0.4 is 5.32 Å². The lowest BCUT2D eigenvalue weighted by molar-refractivity contribution is 0.350. The van der Waals surface area contributed by atoms with E-state index in [4.69, 9.17) is 4.98 Å². The van der Waals surface area contributed by atoms with E-state index in [1.165, 1.54) is 36.5 Å². The highest BCUT2D eigenvalue weighted by molar-refractivity contribution is 5.24. The monoisotopic (exact) mass is 262 g/mol. The first-order valence-electron chi connectivity index (χ1n) is 7.62. The molecule has 19 heavy (non-hydrogen) atoms. The minimum absolute atomic E-state index is 0.576. The zero-order valence-electron chi connectivity index (χ0n) is 12.4. The van der Waals surface area contributed by atoms with Crippen molar-refractivity contribution in [2.75, 3.05) is 27.2 Å². The molecule has 1 aromatic rings. The van der Waals surface area contributed by atoms with E-state index in [0.29, 0.717) is 6.04 Å². The van der Waals surface area contributed by atoms with Crippen molar-refractivity contribution in [2.24, 2.45) is 0 Å². The fourth-order valence-corrected chi connectivity index (χ4v) is 3.05. The molecule has 0 bridgehead atoms. The zero-order chi connectivity index (χ0) is 13.4. The summed E-state index contributed by atoms with van der Waals surface area (Å²) in [6, 6.07) is 0.576. The van der Waals surface area contributed by atoms with Gasteiger partial charge in [0.15, 0.2) is 0 Å². The maximum absolute atomic E-state index is 4.95. The fourth-order valence-electron chi connectivity index (χ4n) is 3.05. The van der Waals surface area contributed by atoms with E-state index >= 15 is 0 Å². The third kappa shape index (κ3) is 2.70. The molecule has 1 unspecified atom stereocenters. The first kappa shape index (κ1) is 13.1. The van der Waals surface area contributed by atoms with Crippen molar-refractivity contribution in [3.63, 3.8) is 0 Å². The van der Waals surface area contributed by atoms with Crippen LogP contribution in [0, 0.1) is 0 Å². The number of nitrogens with zero attached hydrogens (tertiary/aromatic N) is 3. The summed E-state index contributed by atoms with van der Waals surface area (Å²) < 4.78 is 2.58. The Bertz CT molecular complexity index is 445. The molecule has 0 amide bonds. The SMILES string of the molecule is CC(CCN(C)C)n1c(C2CC2)nc2c1CCNC2. The Balaban J connectivity index is 1.86. The largest absolute Gasteiger partial charge is 0.329 e. The molecule has 106 valence electrons. The van der Waals surface area contributed by atoms with E-state index in [-0.39, 0.29) is 0 Å². The Morgan fingerprint density at radius 3 is 2.89 bits per heavy atom. The summed E-state index contributed by atoms with van der Waals surface area (Å²) in [5.74, 6) is 2.12. The molecular weight excluding hydrogens is 236 g/mol. The summed E-state index contributed by atoms with van der Waals surface area (Å²) >= 11 is 0. The van der Waals surface area contributed by atoms with E-state index < -0.39 is 0 Å². The number of fused-ring (bicyclic) bond motifs is 1. The Hall–Kier alpha value is -0.870. The molecule has 3 rings (SSSR count). The van der Waals surface area contributed by atoms with Gasteiger partial charge >= 0.3 is 0 Å². The summed E-state index contributed by atoms with van der Waals surface area (Å²) in [6.45, 7) is 5.57. The van der Waals surface area contributed by atoms with Gasteiger partial charge in [0.05, 0.1) is 5.69 Å². The molecule has 1 N–H and O–H groups in total. The van der Waals surface area contributed by atoms with Crippen LogP contribution in [0.2, 0.25) is 0 Å². The van der Waals surface area contributed by atoms with E-state index in [1.54, 1.807) is 0 Å². The number of imidazole rings is 1. The lowest BCUT2D eigenvalue weighted by Gasteiger charge is -2.23. The number of rotatable bonds is 5. The van der Waals surface area contributed by atoms with E-state index in [2.05, 4.69) is 35.8 Å². The second kappa shape index (κ2) is 5.25. The second-order valence-corrected chi connectivity index (χ2v) is 6.38. The molecule has 1 aliphatic heterocycles. The van der Waals surface area contributed by atoms with Crippen LogP contribution >= 0.6 is 0 Å². The molecule has 0 aromatic carbocycles. The smallest absolute Gasteiger partial charge is 0.112 e. The quantitative estimate of drug-likeness (QED) is 0.880. The highest BCUT2D eigenvalue weighted by atomic mass is 15.2. The first-order valence-corrected chi connectivity index (χ1v) is 7.62. The van der Waals surface area contributed by atoms with Gasteiger partial charge in [-0.3, -0.25) is 0 Å². The predicted octanol–water partition coefficient (Wildman–Crippen LogP) is 1.92. The zero-order valence-corrected chi connectivity index (χ0v) is 12.4. The van der Waals surface area contributed by atoms with Crippen molar-refractivity contribution in [1.82, 2.24) is 19.8 Å². The van der Waals surface area contributed by atoms with Gasteiger partial charge in [-0.25, -0.2) is 4.98 Å². The van der Waals surface area contributed by atoms with Crippen LogP contribution in [0.5, 0.6) is 0 Å². The summed E-state index contributed by atoms with van der Waals surface area (Å²) in [6.07, 6.45) is 5.03. The molecule has 0 saturated heterocycles. The Morgan fingerprint density at radius 2 is 2.21 bits per heavy atom. The van der Waals surface area contributed by atoms with Crippen LogP contribution in [0.25, 0.3) is 0 Å². The molecule has 2 heterocycles. The molecule has 1 aliphatic carbocycles. The number of hydrogen-bond acceptors (Lipinski definition) is 3. The standard InChI is InChI=1S/C15H26N4/c1-11(7-9-18(2)3)19-14-6-8-16-10-13(14)17-15(19)12-4-5-12/h11-12,16H,4-10H2,1-3H3. The highest BCUT2D eigenvalue weighted by Crippen LogP contribution is 2.42. The van der Waals surface area contributed by atoms with Gasteiger partial charge in [0.1, 0.15) is 5.82 Å². The van der Waals surface area contributed by atoms with Gasteiger partial charge in [-0.05, 0) is 46.8 Å². The van der Waals surface area contributed by atoms with Gasteiger partial charge < -0.3 is 14.8 Å². The summed E-state index contributed by atoms with van der Waals surface area (Å²) in [4.78, 5) is 7.22. The van der Waals surface area contributed by atoms with Crippen molar-refractivity contribution in [2.45, 2.75) is 51.1 Å². The van der Waals surface area contributed by atoms with Gasteiger partial charge in [0, 0.05) is 37.2 Å². The van der Waals surface area contributed by atoms with E-state index in [0.717, 1.165) is 32.0 Å². The van der Waals surface area contributed by atoms with E-state index in [9.17, 15) is 0 Å². The van der Waals surface area contributed by atoms with Crippen molar-refractivity contribution in [3.05, 3.63) is 17.2 Å². The van der Waals surface area contributed by atoms with Gasteiger partial charge in [0.2, 0.25) is 0 Å². The second-order valence-electron chi connectivity index (χ2n) is 6.38. The predicted molar refractivity (Wildman–Crippen MR) is 77.5 cm³/mol. The third-order valence-electron chi connectivity index (χ3n) is 4.33. The number of hydrogen-bond donors (Lipinski definition) is 1. The molecular formula is C15H26N4. The molecule has 1 atom stereocenters. The minimum atomic E-state index is 0.576. The van der Waals surface area contributed by atoms with Gasteiger partial charge in [-0.1, -0.05) is 0 Å². The van der Waals surface area contributed by atoms with Crippen LogP contribution in [0.15, 0.2) is 0 Å². The van der Waals surface area contributed by atoms with Crippen LogP contribution in [-0.4, -0.2) is 41.6 Å². The maximum atomic E-state index is 4.95. The van der Waals surface area contributed by atoms with Gasteiger partial charge in [-0.2, -0.15) is 0 Å². The van der Waals surface area contributed by atoms with Gasteiger partial charge in [-0.15, -0.1) is 0 Å². The number of aromatic nitrogens is 2. The molecule has 1 saturated carbocycles. The average Bonchev–Trinajstić information content (AvgIpc) is 3.16. The van der Waals surface area contributed by atoms with Gasteiger partial charge in [0.25, 0.3) is 0 Å². The summed E-state index contributed by atoms with van der Waals surface area (Å²) in [5, 5.41) is 3.45. The molecule has 0 spiro atoms. The van der Waals surface area contributed by atoms with Crippen LogP contribution in [-0.2, 0) is 13.0 Å². The van der Waals surface area contributed by atoms with Crippen LogP contribution in [0.1, 0.15) is 55.4 Å². The lowest BCUT2D eigenvalue weighted by atomic mass is 10.1. The molecule has 0 radical (unpaired) electrons. The molecule has 4 nitrogen and oxygen atoms in total. The minimum Gasteiger partial charge on any atom is -0.329 e. The van der Waals surface area contributed by atoms with Crippen molar-refractivity contribution in [3.8, 4) is 0 Å². The molecule has 4 heteroatoms. The van der Waals surface area contributed by atoms with E-state index in [1.807, 2.05) is 0 Å². The Labute approximate surface area is 116 Å². The maximum Gasteiger partial charge on any atom is 0.112 e. The fraction of sp³-hybridized carbons (Fsp3) is 0.800. The summed E-state index contributed by atoms with van der Waals surface area (Å²) in [7, 11) is 4.31. The van der Waals surface area contributed by atoms with Crippen LogP contribution in [0.4, 0.5) is 0 Å². The van der Waals surface area contributed by atoms with Crippen LogP contribution in [0.3, 0.4) is 0 Å². The molecule has 1 fully saturated rings. The number of nitrogens with one attached hydrogen (secondary N) is 1. The highest BCUT2D eigenvalue weighted by Gasteiger charge is 2.33.